The summed E-state index contributed by atoms with van der Waals surface area (Å²) in [6.07, 6.45) is 0.471. The second kappa shape index (κ2) is 13.4. The van der Waals surface area contributed by atoms with Gasteiger partial charge in [-0.05, 0) is 48.9 Å². The van der Waals surface area contributed by atoms with Crippen molar-refractivity contribution >= 4 is 35.4 Å². The Morgan fingerprint density at radius 1 is 1.05 bits per heavy atom. The van der Waals surface area contributed by atoms with Crippen molar-refractivity contribution < 1.29 is 24.6 Å². The first kappa shape index (κ1) is 30.3. The molecule has 2 unspecified atom stereocenters. The van der Waals surface area contributed by atoms with Crippen LogP contribution in [-0.2, 0) is 16.6 Å². The number of benzene rings is 3. The zero-order chi connectivity index (χ0) is 31.2. The number of thioether (sulfide) groups is 1. The van der Waals surface area contributed by atoms with Crippen LogP contribution in [0.2, 0.25) is 0 Å². The standard InChI is InChI=1S/C33H31N5O5S/c1-21-8-15-28(39)26(18-21)29-24(19-37(2)36-29)12-9-22-10-13-25(14-11-22)34-31(40)27-20-44-17-16-38(27)32(41)30(35-33(42)43)23-6-4-3-5-7-23/h3-8,10-11,13-15,18-19,27,30,35,39H,16-17,20H2,1-2H3,(H,34,40)(H,42,43). The van der Waals surface area contributed by atoms with Gasteiger partial charge in [-0.2, -0.15) is 16.9 Å². The molecular weight excluding hydrogens is 578 g/mol. The monoisotopic (exact) mass is 609 g/mol. The van der Waals surface area contributed by atoms with Gasteiger partial charge in [-0.3, -0.25) is 14.3 Å². The molecule has 0 bridgehead atoms. The number of carbonyl (C=O) groups excluding carboxylic acids is 2. The Hall–Kier alpha value is -5.21. The van der Waals surface area contributed by atoms with Crippen LogP contribution in [0.5, 0.6) is 5.75 Å². The van der Waals surface area contributed by atoms with Crippen molar-refractivity contribution in [3.63, 3.8) is 0 Å². The van der Waals surface area contributed by atoms with Crippen LogP contribution >= 0.6 is 11.8 Å². The van der Waals surface area contributed by atoms with Crippen LogP contribution in [0.3, 0.4) is 0 Å². The molecule has 1 aliphatic rings. The van der Waals surface area contributed by atoms with Crippen LogP contribution in [0, 0.1) is 18.8 Å². The quantitative estimate of drug-likeness (QED) is 0.238. The number of nitrogens with one attached hydrogen (secondary N) is 2. The first-order valence-corrected chi connectivity index (χ1v) is 15.0. The number of rotatable bonds is 6. The molecule has 2 atom stereocenters. The van der Waals surface area contributed by atoms with E-state index >= 15 is 0 Å². The molecule has 44 heavy (non-hydrogen) atoms. The van der Waals surface area contributed by atoms with E-state index in [2.05, 4.69) is 27.6 Å². The lowest BCUT2D eigenvalue weighted by atomic mass is 10.0. The zero-order valence-corrected chi connectivity index (χ0v) is 25.0. The molecule has 1 fully saturated rings. The predicted octanol–water partition coefficient (Wildman–Crippen LogP) is 4.39. The maximum absolute atomic E-state index is 13.6. The molecule has 4 aromatic rings. The maximum atomic E-state index is 13.6. The summed E-state index contributed by atoms with van der Waals surface area (Å²) in [5, 5.41) is 29.5. The van der Waals surface area contributed by atoms with E-state index in [0.717, 1.165) is 5.56 Å². The normalized spacial score (nSPS) is 15.0. The third-order valence-electron chi connectivity index (χ3n) is 7.09. The average molecular weight is 610 g/mol. The average Bonchev–Trinajstić information content (AvgIpc) is 3.40. The summed E-state index contributed by atoms with van der Waals surface area (Å²) in [6.45, 7) is 2.26. The number of aromatic hydroxyl groups is 1. The van der Waals surface area contributed by atoms with Gasteiger partial charge in [0.15, 0.2) is 0 Å². The van der Waals surface area contributed by atoms with Crippen molar-refractivity contribution in [1.82, 2.24) is 20.0 Å². The molecule has 2 heterocycles. The van der Waals surface area contributed by atoms with Crippen LogP contribution in [-0.4, -0.2) is 66.9 Å². The van der Waals surface area contributed by atoms with Gasteiger partial charge in [0, 0.05) is 48.1 Å². The fourth-order valence-corrected chi connectivity index (χ4v) is 5.97. The number of phenolic OH excluding ortho intramolecular Hbond substituents is 1. The SMILES string of the molecule is Cc1ccc(O)c(-c2nn(C)cc2C#Cc2ccc(NC(=O)C3CSCCN3C(=O)C(NC(=O)O)c3ccccc3)cc2)c1. The largest absolute Gasteiger partial charge is 0.507 e. The van der Waals surface area contributed by atoms with Gasteiger partial charge in [0.1, 0.15) is 23.5 Å². The van der Waals surface area contributed by atoms with Gasteiger partial charge in [-0.15, -0.1) is 0 Å². The molecular formula is C33H31N5O5S. The molecule has 0 radical (unpaired) electrons. The molecule has 0 spiro atoms. The smallest absolute Gasteiger partial charge is 0.405 e. The number of hydrogen-bond donors (Lipinski definition) is 4. The van der Waals surface area contributed by atoms with Crippen molar-refractivity contribution in [3.8, 4) is 28.8 Å². The van der Waals surface area contributed by atoms with E-state index in [0.29, 0.717) is 51.7 Å². The van der Waals surface area contributed by atoms with Crippen LogP contribution in [0.25, 0.3) is 11.3 Å². The molecule has 0 aliphatic carbocycles. The van der Waals surface area contributed by atoms with Crippen molar-refractivity contribution in [3.05, 3.63) is 101 Å². The van der Waals surface area contributed by atoms with Gasteiger partial charge in [0.25, 0.3) is 5.91 Å². The summed E-state index contributed by atoms with van der Waals surface area (Å²) in [5.74, 6) is 6.58. The van der Waals surface area contributed by atoms with Crippen LogP contribution in [0.4, 0.5) is 10.5 Å². The molecule has 0 saturated carbocycles. The van der Waals surface area contributed by atoms with E-state index < -0.39 is 24.1 Å². The molecule has 1 aliphatic heterocycles. The van der Waals surface area contributed by atoms with E-state index in [1.807, 2.05) is 19.1 Å². The van der Waals surface area contributed by atoms with Gasteiger partial charge in [-0.25, -0.2) is 4.79 Å². The van der Waals surface area contributed by atoms with E-state index in [1.165, 1.54) is 4.90 Å². The predicted molar refractivity (Wildman–Crippen MR) is 169 cm³/mol. The van der Waals surface area contributed by atoms with Gasteiger partial charge in [0.2, 0.25) is 5.91 Å². The third-order valence-corrected chi connectivity index (χ3v) is 8.11. The molecule has 10 nitrogen and oxygen atoms in total. The molecule has 3 amide bonds. The molecule has 5 rings (SSSR count). The lowest BCUT2D eigenvalue weighted by Gasteiger charge is -2.36. The summed E-state index contributed by atoms with van der Waals surface area (Å²) >= 11 is 1.56. The number of carboxylic acid groups (broad SMARTS) is 1. The van der Waals surface area contributed by atoms with Crippen molar-refractivity contribution in [2.24, 2.45) is 7.05 Å². The molecule has 1 saturated heterocycles. The summed E-state index contributed by atoms with van der Waals surface area (Å²) in [4.78, 5) is 39.9. The number of amides is 3. The fourth-order valence-electron chi connectivity index (χ4n) is 4.93. The summed E-state index contributed by atoms with van der Waals surface area (Å²) < 4.78 is 1.65. The maximum Gasteiger partial charge on any atom is 0.405 e. The lowest BCUT2D eigenvalue weighted by molar-refractivity contribution is -0.139. The van der Waals surface area contributed by atoms with E-state index in [-0.39, 0.29) is 11.7 Å². The van der Waals surface area contributed by atoms with Crippen LogP contribution in [0.15, 0.2) is 79.0 Å². The number of anilines is 1. The van der Waals surface area contributed by atoms with Gasteiger partial charge >= 0.3 is 6.09 Å². The molecule has 1 aromatic heterocycles. The van der Waals surface area contributed by atoms with Crippen molar-refractivity contribution in [1.29, 1.82) is 0 Å². The van der Waals surface area contributed by atoms with Crippen LogP contribution in [0.1, 0.15) is 28.3 Å². The fraction of sp³-hybridized carbons (Fsp3) is 0.212. The minimum atomic E-state index is -1.32. The Morgan fingerprint density at radius 3 is 2.52 bits per heavy atom. The Labute approximate surface area is 259 Å². The van der Waals surface area contributed by atoms with Gasteiger partial charge < -0.3 is 25.7 Å². The Bertz CT molecular complexity index is 1740. The van der Waals surface area contributed by atoms with Gasteiger partial charge in [-0.1, -0.05) is 53.8 Å². The second-order valence-corrected chi connectivity index (χ2v) is 11.5. The van der Waals surface area contributed by atoms with E-state index in [4.69, 9.17) is 0 Å². The minimum Gasteiger partial charge on any atom is -0.507 e. The van der Waals surface area contributed by atoms with Gasteiger partial charge in [0.05, 0.1) is 5.56 Å². The van der Waals surface area contributed by atoms with Crippen LogP contribution < -0.4 is 10.6 Å². The Kier molecular flexibility index (Phi) is 9.21. The second-order valence-electron chi connectivity index (χ2n) is 10.3. The summed E-state index contributed by atoms with van der Waals surface area (Å²) in [7, 11) is 1.79. The number of nitrogens with zero attached hydrogens (tertiary/aromatic N) is 3. The van der Waals surface area contributed by atoms with E-state index in [9.17, 15) is 24.6 Å². The number of hydrogen-bond acceptors (Lipinski definition) is 6. The highest BCUT2D eigenvalue weighted by Crippen LogP contribution is 2.31. The van der Waals surface area contributed by atoms with Crippen molar-refractivity contribution in [2.45, 2.75) is 19.0 Å². The highest BCUT2D eigenvalue weighted by molar-refractivity contribution is 7.99. The lowest BCUT2D eigenvalue weighted by Crippen LogP contribution is -2.55. The molecule has 4 N–H and O–H groups in total. The Balaban J connectivity index is 1.30. The first-order chi connectivity index (χ1) is 21.2. The topological polar surface area (TPSA) is 137 Å². The number of aryl methyl sites for hydroxylation is 2. The number of phenols is 1. The molecule has 3 aromatic carbocycles. The zero-order valence-electron chi connectivity index (χ0n) is 24.2. The summed E-state index contributed by atoms with van der Waals surface area (Å²) in [5.41, 5.74) is 4.60. The highest BCUT2D eigenvalue weighted by atomic mass is 32.2. The highest BCUT2D eigenvalue weighted by Gasteiger charge is 2.37. The van der Waals surface area contributed by atoms with Crippen molar-refractivity contribution in [2.75, 3.05) is 23.4 Å². The first-order valence-electron chi connectivity index (χ1n) is 13.9. The molecule has 11 heteroatoms. The Morgan fingerprint density at radius 2 is 1.80 bits per heavy atom. The summed E-state index contributed by atoms with van der Waals surface area (Å²) in [6, 6.07) is 19.1. The minimum absolute atomic E-state index is 0.128. The number of carbonyl (C=O) groups is 3. The van der Waals surface area contributed by atoms with E-state index in [1.54, 1.807) is 90.4 Å². The number of aromatic nitrogens is 2. The molecule has 224 valence electrons. The third kappa shape index (κ3) is 7.04.